The fraction of sp³-hybridized carbons (Fsp3) is 0.273. The van der Waals surface area contributed by atoms with Gasteiger partial charge < -0.3 is 4.52 Å². The summed E-state index contributed by atoms with van der Waals surface area (Å²) in [5.41, 5.74) is 0.787. The summed E-state index contributed by atoms with van der Waals surface area (Å²) in [4.78, 5) is 4.17. The van der Waals surface area contributed by atoms with Gasteiger partial charge in [0.25, 0.3) is 0 Å². The number of nitrogens with one attached hydrogen (secondary N) is 1. The van der Waals surface area contributed by atoms with E-state index in [0.717, 1.165) is 11.8 Å². The van der Waals surface area contributed by atoms with Gasteiger partial charge in [-0.15, -0.1) is 0 Å². The third kappa shape index (κ3) is 4.30. The predicted molar refractivity (Wildman–Crippen MR) is 71.3 cm³/mol. The Morgan fingerprint density at radius 2 is 2.00 bits per heavy atom. The third-order valence-corrected chi connectivity index (χ3v) is 3.25. The first kappa shape index (κ1) is 14.0. The van der Waals surface area contributed by atoms with E-state index in [4.69, 9.17) is 16.1 Å². The minimum Gasteiger partial charge on any atom is -0.339 e. The monoisotopic (exact) mass is 301 g/mol. The first-order valence-electron chi connectivity index (χ1n) is 5.47. The Bertz CT molecular complexity index is 652. The number of sulfonamides is 1. The van der Waals surface area contributed by atoms with Gasteiger partial charge in [0.2, 0.25) is 21.7 Å². The molecule has 0 saturated heterocycles. The van der Waals surface area contributed by atoms with E-state index in [1.807, 2.05) is 0 Å². The Morgan fingerprint density at radius 3 is 2.63 bits per heavy atom. The van der Waals surface area contributed by atoms with Crippen LogP contribution in [0.5, 0.6) is 0 Å². The number of hydrogen-bond donors (Lipinski definition) is 1. The molecule has 0 atom stereocenters. The lowest BCUT2D eigenvalue weighted by atomic mass is 10.2. The number of aromatic nitrogens is 2. The van der Waals surface area contributed by atoms with Crippen LogP contribution in [0.1, 0.15) is 5.89 Å². The Hall–Kier alpha value is -1.44. The van der Waals surface area contributed by atoms with Gasteiger partial charge in [0.1, 0.15) is 0 Å². The molecule has 0 saturated carbocycles. The number of rotatable bonds is 5. The van der Waals surface area contributed by atoms with Gasteiger partial charge in [-0.2, -0.15) is 4.98 Å². The smallest absolute Gasteiger partial charge is 0.228 e. The molecule has 0 aliphatic carbocycles. The largest absolute Gasteiger partial charge is 0.339 e. The van der Waals surface area contributed by atoms with Crippen molar-refractivity contribution in [3.63, 3.8) is 0 Å². The summed E-state index contributed by atoms with van der Waals surface area (Å²) < 4.78 is 29.2. The first-order chi connectivity index (χ1) is 8.94. The Balaban J connectivity index is 2.01. The van der Waals surface area contributed by atoms with Crippen molar-refractivity contribution in [2.24, 2.45) is 0 Å². The first-order valence-corrected chi connectivity index (χ1v) is 7.74. The lowest BCUT2D eigenvalue weighted by Crippen LogP contribution is -2.24. The van der Waals surface area contributed by atoms with Gasteiger partial charge in [-0.25, -0.2) is 13.1 Å². The number of halogens is 1. The maximum atomic E-state index is 10.9. The van der Waals surface area contributed by atoms with Crippen molar-refractivity contribution < 1.29 is 12.9 Å². The second-order valence-corrected chi connectivity index (χ2v) is 6.20. The van der Waals surface area contributed by atoms with Crippen molar-refractivity contribution in [1.29, 1.82) is 0 Å². The van der Waals surface area contributed by atoms with Crippen molar-refractivity contribution >= 4 is 21.6 Å². The van der Waals surface area contributed by atoms with Gasteiger partial charge in [0, 0.05) is 23.6 Å². The van der Waals surface area contributed by atoms with E-state index in [1.54, 1.807) is 24.3 Å². The molecule has 0 aliphatic heterocycles. The van der Waals surface area contributed by atoms with E-state index >= 15 is 0 Å². The summed E-state index contributed by atoms with van der Waals surface area (Å²) in [5.74, 6) is 0.826. The average Bonchev–Trinajstić information content (AvgIpc) is 2.77. The van der Waals surface area contributed by atoms with Gasteiger partial charge in [0.15, 0.2) is 0 Å². The second kappa shape index (κ2) is 5.68. The molecule has 0 amide bonds. The van der Waals surface area contributed by atoms with E-state index in [2.05, 4.69) is 14.9 Å². The molecule has 2 aromatic rings. The highest BCUT2D eigenvalue weighted by Crippen LogP contribution is 2.18. The number of hydrogen-bond acceptors (Lipinski definition) is 5. The molecule has 1 heterocycles. The van der Waals surface area contributed by atoms with E-state index in [1.165, 1.54) is 0 Å². The highest BCUT2D eigenvalue weighted by atomic mass is 35.5. The molecule has 1 aromatic heterocycles. The SMILES string of the molecule is CS(=O)(=O)NCCc1nc(-c2ccc(Cl)cc2)no1. The molecule has 8 heteroatoms. The van der Waals surface area contributed by atoms with Crippen molar-refractivity contribution in [2.45, 2.75) is 6.42 Å². The van der Waals surface area contributed by atoms with E-state index < -0.39 is 10.0 Å². The zero-order chi connectivity index (χ0) is 13.9. The van der Waals surface area contributed by atoms with Gasteiger partial charge in [-0.05, 0) is 24.3 Å². The Labute approximate surface area is 115 Å². The standard InChI is InChI=1S/C11H12ClN3O3S/c1-19(16,17)13-7-6-10-14-11(15-18-10)8-2-4-9(12)5-3-8/h2-5,13H,6-7H2,1H3. The van der Waals surface area contributed by atoms with Crippen LogP contribution in [-0.4, -0.2) is 31.4 Å². The summed E-state index contributed by atoms with van der Waals surface area (Å²) >= 11 is 5.79. The summed E-state index contributed by atoms with van der Waals surface area (Å²) in [6, 6.07) is 7.04. The van der Waals surface area contributed by atoms with Crippen LogP contribution in [0.15, 0.2) is 28.8 Å². The molecule has 102 valence electrons. The minimum atomic E-state index is -3.20. The molecule has 6 nitrogen and oxygen atoms in total. The van der Waals surface area contributed by atoms with Gasteiger partial charge >= 0.3 is 0 Å². The third-order valence-electron chi connectivity index (χ3n) is 2.27. The second-order valence-electron chi connectivity index (χ2n) is 3.94. The van der Waals surface area contributed by atoms with Gasteiger partial charge in [-0.3, -0.25) is 0 Å². The molecule has 1 N–H and O–H groups in total. The molecule has 0 spiro atoms. The van der Waals surface area contributed by atoms with Crippen LogP contribution in [0.3, 0.4) is 0 Å². The Kier molecular flexibility index (Phi) is 4.18. The summed E-state index contributed by atoms with van der Waals surface area (Å²) in [5, 5.41) is 4.45. The summed E-state index contributed by atoms with van der Waals surface area (Å²) in [6.45, 7) is 0.223. The molecule has 0 unspecified atom stereocenters. The maximum absolute atomic E-state index is 10.9. The average molecular weight is 302 g/mol. The zero-order valence-electron chi connectivity index (χ0n) is 10.1. The number of nitrogens with zero attached hydrogens (tertiary/aromatic N) is 2. The Morgan fingerprint density at radius 1 is 1.32 bits per heavy atom. The molecule has 0 fully saturated rings. The van der Waals surface area contributed by atoms with Gasteiger partial charge in [0.05, 0.1) is 6.26 Å². The van der Waals surface area contributed by atoms with E-state index in [-0.39, 0.29) is 6.54 Å². The summed E-state index contributed by atoms with van der Waals surface area (Å²) in [7, 11) is -3.20. The van der Waals surface area contributed by atoms with Crippen LogP contribution < -0.4 is 4.72 Å². The maximum Gasteiger partial charge on any atom is 0.228 e. The van der Waals surface area contributed by atoms with Crippen LogP contribution in [0, 0.1) is 0 Å². The lowest BCUT2D eigenvalue weighted by Gasteiger charge is -1.97. The molecule has 1 aromatic carbocycles. The van der Waals surface area contributed by atoms with Gasteiger partial charge in [-0.1, -0.05) is 16.8 Å². The van der Waals surface area contributed by atoms with Crippen LogP contribution in [0.4, 0.5) is 0 Å². The molecule has 0 aliphatic rings. The van der Waals surface area contributed by atoms with Crippen LogP contribution >= 0.6 is 11.6 Å². The summed E-state index contributed by atoms with van der Waals surface area (Å²) in [6.07, 6.45) is 1.44. The quantitative estimate of drug-likeness (QED) is 0.904. The predicted octanol–water partition coefficient (Wildman–Crippen LogP) is 1.48. The van der Waals surface area contributed by atoms with Crippen molar-refractivity contribution in [1.82, 2.24) is 14.9 Å². The molecule has 2 rings (SSSR count). The highest BCUT2D eigenvalue weighted by molar-refractivity contribution is 7.88. The van der Waals surface area contributed by atoms with E-state index in [9.17, 15) is 8.42 Å². The lowest BCUT2D eigenvalue weighted by molar-refractivity contribution is 0.379. The zero-order valence-corrected chi connectivity index (χ0v) is 11.7. The molecular weight excluding hydrogens is 290 g/mol. The van der Waals surface area contributed by atoms with Crippen molar-refractivity contribution in [2.75, 3.05) is 12.8 Å². The fourth-order valence-electron chi connectivity index (χ4n) is 1.42. The van der Waals surface area contributed by atoms with Crippen LogP contribution in [-0.2, 0) is 16.4 Å². The molecule has 19 heavy (non-hydrogen) atoms. The topological polar surface area (TPSA) is 85.1 Å². The fourth-order valence-corrected chi connectivity index (χ4v) is 2.01. The van der Waals surface area contributed by atoms with Crippen LogP contribution in [0.25, 0.3) is 11.4 Å². The molecule has 0 bridgehead atoms. The van der Waals surface area contributed by atoms with Crippen molar-refractivity contribution in [3.8, 4) is 11.4 Å². The van der Waals surface area contributed by atoms with Crippen LogP contribution in [0.2, 0.25) is 5.02 Å². The number of benzene rings is 1. The minimum absolute atomic E-state index is 0.223. The normalized spacial score (nSPS) is 11.7. The molecule has 0 radical (unpaired) electrons. The molecular formula is C11H12ClN3O3S. The highest BCUT2D eigenvalue weighted by Gasteiger charge is 2.09. The van der Waals surface area contributed by atoms with E-state index in [0.29, 0.717) is 23.2 Å². The van der Waals surface area contributed by atoms with Crippen molar-refractivity contribution in [3.05, 3.63) is 35.2 Å².